The van der Waals surface area contributed by atoms with Gasteiger partial charge in [0.1, 0.15) is 16.8 Å². The average Bonchev–Trinajstić information content (AvgIpc) is 3.73. The molecule has 61 heavy (non-hydrogen) atoms. The van der Waals surface area contributed by atoms with Crippen LogP contribution < -0.4 is 26.0 Å². The van der Waals surface area contributed by atoms with Gasteiger partial charge in [-0.05, 0) is 81.5 Å². The van der Waals surface area contributed by atoms with Gasteiger partial charge in [-0.3, -0.25) is 29.3 Å². The maximum absolute atomic E-state index is 13.4. The number of rotatable bonds is 11. The summed E-state index contributed by atoms with van der Waals surface area (Å²) in [5.41, 5.74) is 3.03. The Labute approximate surface area is 352 Å². The topological polar surface area (TPSA) is 184 Å². The number of piperidine rings is 2. The Bertz CT molecular complexity index is 2680. The molecule has 2 amide bonds. The van der Waals surface area contributed by atoms with Crippen LogP contribution in [0.4, 0.5) is 23.1 Å². The van der Waals surface area contributed by atoms with Gasteiger partial charge in [-0.1, -0.05) is 12.1 Å². The number of nitrogens with zero attached hydrogens (tertiary/aromatic N) is 11. The summed E-state index contributed by atoms with van der Waals surface area (Å²) in [6.45, 7) is 14.2. The van der Waals surface area contributed by atoms with E-state index in [0.29, 0.717) is 52.9 Å². The molecule has 0 saturated carbocycles. The van der Waals surface area contributed by atoms with Crippen molar-refractivity contribution in [3.05, 3.63) is 95.3 Å². The summed E-state index contributed by atoms with van der Waals surface area (Å²) in [4.78, 5) is 63.7. The van der Waals surface area contributed by atoms with E-state index in [1.54, 1.807) is 49.0 Å². The summed E-state index contributed by atoms with van der Waals surface area (Å²) in [6.07, 6.45) is 8.00. The van der Waals surface area contributed by atoms with E-state index < -0.39 is 11.5 Å². The molecule has 8 heterocycles. The lowest BCUT2D eigenvalue weighted by Gasteiger charge is -2.39. The molecular formula is C44H51N13O4. The second-order valence-corrected chi connectivity index (χ2v) is 16.8. The van der Waals surface area contributed by atoms with Gasteiger partial charge in [0.2, 0.25) is 17.8 Å². The van der Waals surface area contributed by atoms with Crippen molar-refractivity contribution >= 4 is 56.9 Å². The number of pyridine rings is 2. The van der Waals surface area contributed by atoms with Crippen LogP contribution in [-0.2, 0) is 28.8 Å². The fourth-order valence-corrected chi connectivity index (χ4v) is 8.85. The minimum Gasteiger partial charge on any atom is -0.384 e. The summed E-state index contributed by atoms with van der Waals surface area (Å²) in [5, 5.41) is 22.4. The average molecular weight is 826 g/mol. The minimum absolute atomic E-state index is 0.217. The lowest BCUT2D eigenvalue weighted by molar-refractivity contribution is -0.134. The van der Waals surface area contributed by atoms with Gasteiger partial charge in [0.15, 0.2) is 11.5 Å². The third-order valence-corrected chi connectivity index (χ3v) is 12.2. The minimum atomic E-state index is -1.17. The highest BCUT2D eigenvalue weighted by Gasteiger charge is 2.32. The molecule has 316 valence electrons. The monoisotopic (exact) mass is 825 g/mol. The Kier molecular flexibility index (Phi) is 10.6. The molecule has 3 N–H and O–H groups in total. The first-order valence-electron chi connectivity index (χ1n) is 21.0. The van der Waals surface area contributed by atoms with Crippen molar-refractivity contribution in [2.24, 2.45) is 13.0 Å². The Hall–Kier alpha value is -6.46. The molecule has 3 saturated heterocycles. The van der Waals surface area contributed by atoms with Crippen LogP contribution in [0.2, 0.25) is 0 Å². The van der Waals surface area contributed by atoms with Crippen molar-refractivity contribution in [3.63, 3.8) is 0 Å². The van der Waals surface area contributed by atoms with E-state index in [2.05, 4.69) is 60.1 Å². The van der Waals surface area contributed by atoms with Crippen molar-refractivity contribution in [2.45, 2.75) is 57.6 Å². The van der Waals surface area contributed by atoms with Crippen LogP contribution >= 0.6 is 0 Å². The Morgan fingerprint density at radius 2 is 1.70 bits per heavy atom. The van der Waals surface area contributed by atoms with Crippen LogP contribution in [-0.4, -0.2) is 107 Å². The summed E-state index contributed by atoms with van der Waals surface area (Å²) in [5.74, 6) is 1.41. The number of imide groups is 1. The zero-order valence-corrected chi connectivity index (χ0v) is 34.8. The van der Waals surface area contributed by atoms with E-state index in [1.807, 2.05) is 23.9 Å². The van der Waals surface area contributed by atoms with Crippen molar-refractivity contribution in [2.75, 3.05) is 60.9 Å². The van der Waals surface area contributed by atoms with Gasteiger partial charge in [0.05, 0.1) is 41.3 Å². The lowest BCUT2D eigenvalue weighted by atomic mass is 9.92. The van der Waals surface area contributed by atoms with Crippen molar-refractivity contribution < 1.29 is 14.7 Å². The molecule has 3 aliphatic rings. The fraction of sp³-hybridized carbons (Fsp3) is 0.409. The van der Waals surface area contributed by atoms with E-state index in [0.717, 1.165) is 81.1 Å². The smallest absolute Gasteiger partial charge is 0.278 e. The molecule has 0 radical (unpaired) electrons. The number of aryl methyl sites for hydroxylation is 1. The first-order chi connectivity index (χ1) is 29.4. The van der Waals surface area contributed by atoms with Crippen LogP contribution in [0.25, 0.3) is 27.8 Å². The SMILES string of the molecule is C=CCn1c(=O)c2cnc(Nc3ccc(N4CCN(CC5CCN(c6ccc7c(C8CCC(=O)NC8=O)nn(C)c7c6)CC5)CC4)nc3)nc2n1-c1cccc(C(C)(C)O)n1. The summed E-state index contributed by atoms with van der Waals surface area (Å²) in [6, 6.07) is 15.7. The molecule has 3 aliphatic heterocycles. The van der Waals surface area contributed by atoms with Gasteiger partial charge >= 0.3 is 0 Å². The standard InChI is InChI=1S/C44H51N13O4/c1-5-17-56-42(60)33-26-46-43(50-40(33)57(56)37-8-6-7-35(48-37)44(2,3)61)47-29-9-13-36(45-25-29)55-22-20-53(21-23-55)27-28-15-18-54(19-16-28)30-10-11-31-34(24-30)52(4)51-39(31)32-12-14-38(58)49-41(32)59/h5-11,13,24-26,28,32,61H,1,12,14-23,27H2,2-4H3,(H,46,47,50)(H,49,58,59). The summed E-state index contributed by atoms with van der Waals surface area (Å²) < 4.78 is 4.99. The number of hydrogen-bond donors (Lipinski definition) is 3. The Balaban J connectivity index is 0.790. The zero-order chi connectivity index (χ0) is 42.4. The fourth-order valence-electron chi connectivity index (χ4n) is 8.85. The van der Waals surface area contributed by atoms with Gasteiger partial charge in [-0.15, -0.1) is 6.58 Å². The number of nitrogens with one attached hydrogen (secondary N) is 2. The Morgan fingerprint density at radius 3 is 2.43 bits per heavy atom. The number of hydrogen-bond acceptors (Lipinski definition) is 13. The molecule has 6 aromatic rings. The normalized spacial score (nSPS) is 18.3. The molecule has 17 heteroatoms. The number of allylic oxidation sites excluding steroid dienone is 1. The number of anilines is 4. The van der Waals surface area contributed by atoms with E-state index in [9.17, 15) is 19.5 Å². The highest BCUT2D eigenvalue weighted by molar-refractivity contribution is 6.02. The third kappa shape index (κ3) is 7.98. The number of piperazine rings is 1. The molecule has 5 aromatic heterocycles. The van der Waals surface area contributed by atoms with Crippen LogP contribution in [0.1, 0.15) is 56.8 Å². The van der Waals surface area contributed by atoms with Crippen LogP contribution in [0.3, 0.4) is 0 Å². The Morgan fingerprint density at radius 1 is 0.902 bits per heavy atom. The van der Waals surface area contributed by atoms with Crippen LogP contribution in [0, 0.1) is 5.92 Å². The summed E-state index contributed by atoms with van der Waals surface area (Å²) >= 11 is 0. The number of carbonyl (C=O) groups excluding carboxylic acids is 2. The number of aromatic nitrogens is 8. The van der Waals surface area contributed by atoms with Crippen LogP contribution in [0.5, 0.6) is 0 Å². The quantitative estimate of drug-likeness (QED) is 0.126. The molecule has 1 unspecified atom stereocenters. The summed E-state index contributed by atoms with van der Waals surface area (Å²) in [7, 11) is 1.92. The second kappa shape index (κ2) is 16.2. The van der Waals surface area contributed by atoms with Gasteiger partial charge in [-0.25, -0.2) is 24.3 Å². The molecule has 3 fully saturated rings. The largest absolute Gasteiger partial charge is 0.384 e. The lowest BCUT2D eigenvalue weighted by Crippen LogP contribution is -2.49. The zero-order valence-electron chi connectivity index (χ0n) is 34.8. The number of aliphatic hydroxyl groups is 1. The number of fused-ring (bicyclic) bond motifs is 2. The molecule has 1 aromatic carbocycles. The van der Waals surface area contributed by atoms with Gasteiger partial charge in [-0.2, -0.15) is 10.1 Å². The molecule has 0 bridgehead atoms. The van der Waals surface area contributed by atoms with Crippen molar-refractivity contribution in [1.82, 2.24) is 49.3 Å². The van der Waals surface area contributed by atoms with Gasteiger partial charge in [0, 0.05) is 76.6 Å². The van der Waals surface area contributed by atoms with E-state index in [-0.39, 0.29) is 23.9 Å². The van der Waals surface area contributed by atoms with Gasteiger partial charge < -0.3 is 20.2 Å². The number of amides is 2. The molecular weight excluding hydrogens is 775 g/mol. The van der Waals surface area contributed by atoms with Gasteiger partial charge in [0.25, 0.3) is 5.56 Å². The molecule has 17 nitrogen and oxygen atoms in total. The highest BCUT2D eigenvalue weighted by Crippen LogP contribution is 2.34. The second-order valence-electron chi connectivity index (χ2n) is 16.8. The maximum Gasteiger partial charge on any atom is 0.278 e. The van der Waals surface area contributed by atoms with E-state index >= 15 is 0 Å². The molecule has 0 aliphatic carbocycles. The first kappa shape index (κ1) is 40.0. The molecule has 0 spiro atoms. The van der Waals surface area contributed by atoms with Crippen molar-refractivity contribution in [1.29, 1.82) is 0 Å². The molecule has 1 atom stereocenters. The predicted octanol–water partition coefficient (Wildman–Crippen LogP) is 3.97. The van der Waals surface area contributed by atoms with E-state index in [1.165, 1.54) is 16.6 Å². The highest BCUT2D eigenvalue weighted by atomic mass is 16.3. The predicted molar refractivity (Wildman–Crippen MR) is 233 cm³/mol. The maximum atomic E-state index is 13.4. The van der Waals surface area contributed by atoms with Crippen LogP contribution in [0.15, 0.2) is 78.4 Å². The third-order valence-electron chi connectivity index (χ3n) is 12.2. The number of carbonyl (C=O) groups is 2. The first-order valence-corrected chi connectivity index (χ1v) is 21.0. The molecule has 9 rings (SSSR count). The van der Waals surface area contributed by atoms with Crippen molar-refractivity contribution in [3.8, 4) is 5.82 Å². The number of benzene rings is 1. The van der Waals surface area contributed by atoms with E-state index in [4.69, 9.17) is 15.1 Å².